The van der Waals surface area contributed by atoms with Crippen molar-refractivity contribution in [2.24, 2.45) is 0 Å². The fourth-order valence-electron chi connectivity index (χ4n) is 3.38. The van der Waals surface area contributed by atoms with E-state index in [9.17, 15) is 4.79 Å². The van der Waals surface area contributed by atoms with Gasteiger partial charge in [-0.1, -0.05) is 11.3 Å². The topological polar surface area (TPSA) is 112 Å². The van der Waals surface area contributed by atoms with Crippen LogP contribution in [-0.4, -0.2) is 50.7 Å². The van der Waals surface area contributed by atoms with Crippen molar-refractivity contribution in [2.75, 3.05) is 25.1 Å². The molecule has 188 valence electrons. The second kappa shape index (κ2) is 11.3. The zero-order chi connectivity index (χ0) is 25.7. The number of hydrogen-bond donors (Lipinski definition) is 2. The molecule has 0 saturated carbocycles. The van der Waals surface area contributed by atoms with Crippen LogP contribution in [0.25, 0.3) is 15.5 Å². The van der Waals surface area contributed by atoms with E-state index in [-0.39, 0.29) is 5.11 Å². The number of aryl methyl sites for hydroxylation is 1. The van der Waals surface area contributed by atoms with Crippen LogP contribution >= 0.6 is 23.6 Å². The van der Waals surface area contributed by atoms with E-state index in [0.717, 1.165) is 27.0 Å². The van der Waals surface area contributed by atoms with Crippen LogP contribution in [-0.2, 0) is 0 Å². The molecule has 0 aliphatic heterocycles. The number of carbonyl (C=O) groups is 1. The van der Waals surface area contributed by atoms with Crippen molar-refractivity contribution < 1.29 is 19.0 Å². The highest BCUT2D eigenvalue weighted by Crippen LogP contribution is 2.39. The van der Waals surface area contributed by atoms with E-state index < -0.39 is 5.91 Å². The van der Waals surface area contributed by atoms with Gasteiger partial charge in [-0.2, -0.15) is 9.61 Å². The molecule has 10 nitrogen and oxygen atoms in total. The minimum absolute atomic E-state index is 0.159. The van der Waals surface area contributed by atoms with Gasteiger partial charge in [0.25, 0.3) is 5.91 Å². The van der Waals surface area contributed by atoms with Gasteiger partial charge < -0.3 is 19.5 Å². The van der Waals surface area contributed by atoms with Gasteiger partial charge in [0, 0.05) is 16.8 Å². The van der Waals surface area contributed by atoms with E-state index >= 15 is 0 Å². The lowest BCUT2D eigenvalue weighted by Crippen LogP contribution is -2.34. The van der Waals surface area contributed by atoms with E-state index in [2.05, 4.69) is 25.9 Å². The third-order valence-electron chi connectivity index (χ3n) is 4.93. The highest BCUT2D eigenvalue weighted by Gasteiger charge is 2.19. The quantitative estimate of drug-likeness (QED) is 0.305. The van der Waals surface area contributed by atoms with Crippen molar-refractivity contribution in [1.29, 1.82) is 0 Å². The number of rotatable bonds is 9. The van der Waals surface area contributed by atoms with Crippen LogP contribution in [0.1, 0.15) is 37.0 Å². The number of amides is 1. The minimum atomic E-state index is -0.399. The molecule has 36 heavy (non-hydrogen) atoms. The summed E-state index contributed by atoms with van der Waals surface area (Å²) < 4.78 is 18.8. The highest BCUT2D eigenvalue weighted by molar-refractivity contribution is 7.80. The van der Waals surface area contributed by atoms with E-state index in [1.54, 1.807) is 16.6 Å². The summed E-state index contributed by atoms with van der Waals surface area (Å²) in [6.07, 6.45) is 0. The van der Waals surface area contributed by atoms with Gasteiger partial charge in [0.05, 0.1) is 19.8 Å². The molecule has 0 radical (unpaired) electrons. The molecule has 0 spiro atoms. The molecule has 12 heteroatoms. The lowest BCUT2D eigenvalue weighted by atomic mass is 10.1. The number of hydrogen-bond acceptors (Lipinski definition) is 9. The van der Waals surface area contributed by atoms with E-state index in [1.165, 1.54) is 11.3 Å². The SMILES string of the molecule is CCOc1cc(C(=O)NC(=S)Nc2ccc(-c3nn4c(C)nnc4s3)cc2)cc(OCC)c1OCC. The average Bonchev–Trinajstić information content (AvgIpc) is 3.43. The third-order valence-corrected chi connectivity index (χ3v) is 6.09. The van der Waals surface area contributed by atoms with E-state index in [4.69, 9.17) is 26.4 Å². The maximum Gasteiger partial charge on any atom is 0.257 e. The van der Waals surface area contributed by atoms with Crippen LogP contribution in [0.2, 0.25) is 0 Å². The van der Waals surface area contributed by atoms with Crippen molar-refractivity contribution in [1.82, 2.24) is 25.1 Å². The standard InChI is InChI=1S/C24H26N6O4S2/c1-5-32-18-12-16(13-19(33-6-2)20(18)34-7-3)21(31)26-23(35)25-17-10-8-15(9-11-17)22-29-30-14(4)27-28-24(30)36-22/h8-13H,5-7H2,1-4H3,(H2,25,26,31,35). The van der Waals surface area contributed by atoms with Crippen LogP contribution in [0.4, 0.5) is 5.69 Å². The first kappa shape index (κ1) is 25.3. The molecule has 2 N–H and O–H groups in total. The van der Waals surface area contributed by atoms with Crippen molar-refractivity contribution in [3.05, 3.63) is 47.8 Å². The summed E-state index contributed by atoms with van der Waals surface area (Å²) in [5.74, 6) is 1.68. The number of anilines is 1. The maximum absolute atomic E-state index is 12.9. The van der Waals surface area contributed by atoms with Crippen LogP contribution < -0.4 is 24.8 Å². The lowest BCUT2D eigenvalue weighted by Gasteiger charge is -2.17. The fourth-order valence-corrected chi connectivity index (χ4v) is 4.49. The van der Waals surface area contributed by atoms with Crippen LogP contribution in [0.5, 0.6) is 17.2 Å². The monoisotopic (exact) mass is 526 g/mol. The van der Waals surface area contributed by atoms with Crippen molar-refractivity contribution in [3.63, 3.8) is 0 Å². The molecule has 1 amide bonds. The van der Waals surface area contributed by atoms with Gasteiger partial charge in [0.1, 0.15) is 5.01 Å². The number of aromatic nitrogens is 4. The molecule has 0 bridgehead atoms. The maximum atomic E-state index is 12.9. The van der Waals surface area contributed by atoms with Gasteiger partial charge in [-0.15, -0.1) is 10.2 Å². The smallest absolute Gasteiger partial charge is 0.257 e. The second-order valence-corrected chi connectivity index (χ2v) is 8.80. The molecule has 4 aromatic rings. The van der Waals surface area contributed by atoms with Crippen LogP contribution in [0.15, 0.2) is 36.4 Å². The Kier molecular flexibility index (Phi) is 7.96. The van der Waals surface area contributed by atoms with Crippen molar-refractivity contribution in [2.45, 2.75) is 27.7 Å². The first-order valence-electron chi connectivity index (χ1n) is 11.4. The Balaban J connectivity index is 1.45. The molecule has 4 rings (SSSR count). The normalized spacial score (nSPS) is 10.8. The highest BCUT2D eigenvalue weighted by atomic mass is 32.1. The van der Waals surface area contributed by atoms with E-state index in [1.807, 2.05) is 52.0 Å². The minimum Gasteiger partial charge on any atom is -0.490 e. The Bertz CT molecular complexity index is 1360. The first-order valence-corrected chi connectivity index (χ1v) is 12.6. The number of thiocarbonyl (C=S) groups is 1. The summed E-state index contributed by atoms with van der Waals surface area (Å²) in [5, 5.41) is 19.4. The van der Waals surface area contributed by atoms with Gasteiger partial charge >= 0.3 is 0 Å². The number of nitrogens with one attached hydrogen (secondary N) is 2. The Morgan fingerprint density at radius 1 is 1.00 bits per heavy atom. The number of benzene rings is 2. The summed E-state index contributed by atoms with van der Waals surface area (Å²) in [5.41, 5.74) is 2.00. The predicted molar refractivity (Wildman–Crippen MR) is 142 cm³/mol. The summed E-state index contributed by atoms with van der Waals surface area (Å²) >= 11 is 6.82. The van der Waals surface area contributed by atoms with Gasteiger partial charge in [-0.25, -0.2) is 0 Å². The molecule has 0 aliphatic rings. The second-order valence-electron chi connectivity index (χ2n) is 7.44. The Morgan fingerprint density at radius 3 is 2.22 bits per heavy atom. The van der Waals surface area contributed by atoms with Gasteiger partial charge in [0.2, 0.25) is 10.7 Å². The van der Waals surface area contributed by atoms with E-state index in [0.29, 0.717) is 42.6 Å². The van der Waals surface area contributed by atoms with Crippen LogP contribution in [0, 0.1) is 6.92 Å². The van der Waals surface area contributed by atoms with Gasteiger partial charge in [-0.3, -0.25) is 10.1 Å². The molecule has 0 saturated heterocycles. The summed E-state index contributed by atoms with van der Waals surface area (Å²) in [7, 11) is 0. The summed E-state index contributed by atoms with van der Waals surface area (Å²) in [6.45, 7) is 8.71. The summed E-state index contributed by atoms with van der Waals surface area (Å²) in [4.78, 5) is 13.7. The van der Waals surface area contributed by atoms with Gasteiger partial charge in [-0.05, 0) is 76.3 Å². The Hall–Kier alpha value is -3.77. The average molecular weight is 527 g/mol. The number of ether oxygens (including phenoxy) is 3. The molecule has 0 aliphatic carbocycles. The molecule has 0 unspecified atom stereocenters. The summed E-state index contributed by atoms with van der Waals surface area (Å²) in [6, 6.07) is 10.8. The lowest BCUT2D eigenvalue weighted by molar-refractivity contribution is 0.0976. The van der Waals surface area contributed by atoms with Crippen molar-refractivity contribution in [3.8, 4) is 27.8 Å². The zero-order valence-corrected chi connectivity index (χ0v) is 22.0. The first-order chi connectivity index (χ1) is 17.4. The Labute approximate surface area is 217 Å². The third kappa shape index (κ3) is 5.55. The molecular weight excluding hydrogens is 500 g/mol. The Morgan fingerprint density at radius 2 is 1.64 bits per heavy atom. The van der Waals surface area contributed by atoms with Gasteiger partial charge in [0.15, 0.2) is 22.4 Å². The molecule has 2 heterocycles. The molecule has 2 aromatic heterocycles. The molecule has 0 fully saturated rings. The largest absolute Gasteiger partial charge is 0.490 e. The predicted octanol–water partition coefficient (Wildman–Crippen LogP) is 4.48. The zero-order valence-electron chi connectivity index (χ0n) is 20.3. The molecular formula is C24H26N6O4S2. The number of carbonyl (C=O) groups excluding carboxylic acids is 1. The van der Waals surface area contributed by atoms with Crippen molar-refractivity contribution >= 4 is 45.2 Å². The fraction of sp³-hybridized carbons (Fsp3) is 0.292. The number of nitrogens with zero attached hydrogens (tertiary/aromatic N) is 4. The van der Waals surface area contributed by atoms with Crippen LogP contribution in [0.3, 0.4) is 0 Å². The number of fused-ring (bicyclic) bond motifs is 1. The molecule has 2 aromatic carbocycles. The molecule has 0 atom stereocenters.